The SMILES string of the molecule is CNc1ccc(-n2ccn(-c3c4c(nn3-c3cc(C)c(F)c(C)c3)CCN(C(=O)c3cc5ccccc5[nH]3)C4)c2=O)c(F)c1C=N. The van der Waals surface area contributed by atoms with Crippen LogP contribution >= 0.6 is 0 Å². The van der Waals surface area contributed by atoms with Crippen molar-refractivity contribution in [3.05, 3.63) is 123 Å². The van der Waals surface area contributed by atoms with Crippen LogP contribution in [0, 0.1) is 30.9 Å². The van der Waals surface area contributed by atoms with Gasteiger partial charge in [-0.1, -0.05) is 18.2 Å². The number of rotatable bonds is 6. The second kappa shape index (κ2) is 11.0. The standard InChI is InChI=1S/C34H30F2N8O2/c1-19-14-22(15-20(2)30(19)35)44-32(43-13-12-42(34(43)46)29-9-8-26(38-3)23(17-37)31(29)36)24-18-41(11-10-27(24)40-44)33(45)28-16-21-6-4-5-7-25(21)39-28/h4-9,12-17,37-39H,10-11,18H2,1-3H3. The number of hydrogen-bond acceptors (Lipinski definition) is 5. The number of aromatic nitrogens is 5. The molecule has 3 aromatic carbocycles. The molecular weight excluding hydrogens is 590 g/mol. The lowest BCUT2D eigenvalue weighted by Crippen LogP contribution is -2.36. The summed E-state index contributed by atoms with van der Waals surface area (Å²) >= 11 is 0. The van der Waals surface area contributed by atoms with Crippen molar-refractivity contribution >= 4 is 28.7 Å². The number of anilines is 1. The van der Waals surface area contributed by atoms with Gasteiger partial charge < -0.3 is 20.6 Å². The van der Waals surface area contributed by atoms with Crippen molar-refractivity contribution in [2.24, 2.45) is 0 Å². The van der Waals surface area contributed by atoms with Crippen LogP contribution in [-0.4, -0.2) is 54.5 Å². The molecule has 1 aliphatic rings. The molecule has 0 saturated heterocycles. The van der Waals surface area contributed by atoms with Crippen molar-refractivity contribution in [3.63, 3.8) is 0 Å². The van der Waals surface area contributed by atoms with Gasteiger partial charge in [0.25, 0.3) is 5.91 Å². The van der Waals surface area contributed by atoms with Gasteiger partial charge in [0, 0.05) is 60.8 Å². The molecule has 6 aromatic rings. The number of para-hydroxylation sites is 1. The summed E-state index contributed by atoms with van der Waals surface area (Å²) < 4.78 is 34.4. The van der Waals surface area contributed by atoms with Crippen LogP contribution in [0.3, 0.4) is 0 Å². The first-order valence-electron chi connectivity index (χ1n) is 14.8. The molecule has 0 atom stereocenters. The van der Waals surface area contributed by atoms with E-state index >= 15 is 4.39 Å². The molecule has 12 heteroatoms. The third kappa shape index (κ3) is 4.52. The Labute approximate surface area is 262 Å². The van der Waals surface area contributed by atoms with Gasteiger partial charge in [0.1, 0.15) is 17.3 Å². The zero-order valence-corrected chi connectivity index (χ0v) is 25.4. The van der Waals surface area contributed by atoms with Crippen LogP contribution in [0.15, 0.2) is 71.8 Å². The van der Waals surface area contributed by atoms with Gasteiger partial charge in [-0.15, -0.1) is 0 Å². The summed E-state index contributed by atoms with van der Waals surface area (Å²) in [6.07, 6.45) is 4.30. The minimum atomic E-state index is -0.725. The van der Waals surface area contributed by atoms with Crippen molar-refractivity contribution in [2.45, 2.75) is 26.8 Å². The summed E-state index contributed by atoms with van der Waals surface area (Å²) in [5.74, 6) is -0.872. The quantitative estimate of drug-likeness (QED) is 0.216. The molecule has 1 aliphatic heterocycles. The van der Waals surface area contributed by atoms with E-state index in [0.717, 1.165) is 17.1 Å². The number of amides is 1. The van der Waals surface area contributed by atoms with E-state index in [1.165, 1.54) is 27.6 Å². The Hall–Kier alpha value is -5.78. The van der Waals surface area contributed by atoms with Crippen LogP contribution in [0.1, 0.15) is 38.4 Å². The highest BCUT2D eigenvalue weighted by atomic mass is 19.1. The molecule has 0 unspecified atom stereocenters. The van der Waals surface area contributed by atoms with Gasteiger partial charge in [-0.3, -0.25) is 13.9 Å². The molecule has 10 nitrogen and oxygen atoms in total. The highest BCUT2D eigenvalue weighted by Crippen LogP contribution is 2.30. The van der Waals surface area contributed by atoms with E-state index in [4.69, 9.17) is 10.5 Å². The number of carbonyl (C=O) groups excluding carboxylic acids is 1. The number of H-pyrrole nitrogens is 1. The van der Waals surface area contributed by atoms with Crippen LogP contribution in [0.5, 0.6) is 0 Å². The lowest BCUT2D eigenvalue weighted by Gasteiger charge is -2.26. The molecule has 3 aromatic heterocycles. The number of carbonyl (C=O) groups is 1. The monoisotopic (exact) mass is 620 g/mol. The normalized spacial score (nSPS) is 12.8. The lowest BCUT2D eigenvalue weighted by molar-refractivity contribution is 0.0729. The molecule has 7 rings (SSSR count). The molecule has 3 N–H and O–H groups in total. The molecular formula is C34H30F2N8O2. The Bertz CT molecular complexity index is 2200. The average molecular weight is 621 g/mol. The Kier molecular flexibility index (Phi) is 6.92. The van der Waals surface area contributed by atoms with Gasteiger partial charge in [-0.05, 0) is 61.4 Å². The first-order valence-corrected chi connectivity index (χ1v) is 14.8. The molecule has 232 valence electrons. The minimum absolute atomic E-state index is 0.0189. The van der Waals surface area contributed by atoms with Gasteiger partial charge in [-0.25, -0.2) is 18.3 Å². The maximum Gasteiger partial charge on any atom is 0.338 e. The average Bonchev–Trinajstić information content (AvgIpc) is 3.77. The third-order valence-corrected chi connectivity index (χ3v) is 8.56. The van der Waals surface area contributed by atoms with Crippen LogP contribution in [0.2, 0.25) is 0 Å². The number of fused-ring (bicyclic) bond motifs is 2. The topological polar surface area (TPSA) is 117 Å². The molecule has 0 radical (unpaired) electrons. The molecule has 0 spiro atoms. The summed E-state index contributed by atoms with van der Waals surface area (Å²) in [6, 6.07) is 15.9. The molecule has 0 saturated carbocycles. The molecule has 0 bridgehead atoms. The zero-order valence-electron chi connectivity index (χ0n) is 25.4. The highest BCUT2D eigenvalue weighted by molar-refractivity contribution is 5.98. The Balaban J connectivity index is 1.37. The van der Waals surface area contributed by atoms with E-state index in [2.05, 4.69) is 10.3 Å². The fourth-order valence-corrected chi connectivity index (χ4v) is 6.21. The van der Waals surface area contributed by atoms with E-state index in [-0.39, 0.29) is 29.5 Å². The summed E-state index contributed by atoms with van der Waals surface area (Å²) in [5, 5.41) is 16.4. The fourth-order valence-electron chi connectivity index (χ4n) is 6.21. The maximum absolute atomic E-state index is 15.6. The highest BCUT2D eigenvalue weighted by Gasteiger charge is 2.31. The minimum Gasteiger partial charge on any atom is -0.388 e. The number of halogens is 2. The Morgan fingerprint density at radius 3 is 2.48 bits per heavy atom. The second-order valence-corrected chi connectivity index (χ2v) is 11.4. The molecule has 4 heterocycles. The predicted molar refractivity (Wildman–Crippen MR) is 172 cm³/mol. The van der Waals surface area contributed by atoms with Gasteiger partial charge >= 0.3 is 5.69 Å². The van der Waals surface area contributed by atoms with E-state index in [1.807, 2.05) is 30.3 Å². The first kappa shape index (κ1) is 29.0. The second-order valence-electron chi connectivity index (χ2n) is 11.4. The Morgan fingerprint density at radius 1 is 1.02 bits per heavy atom. The number of imidazole rings is 1. The predicted octanol–water partition coefficient (Wildman–Crippen LogP) is 5.43. The van der Waals surface area contributed by atoms with Crippen molar-refractivity contribution in [1.29, 1.82) is 5.41 Å². The zero-order chi connectivity index (χ0) is 32.3. The lowest BCUT2D eigenvalue weighted by atomic mass is 10.1. The van der Waals surface area contributed by atoms with Crippen molar-refractivity contribution in [3.8, 4) is 17.2 Å². The molecule has 1 amide bonds. The number of benzene rings is 3. The van der Waals surface area contributed by atoms with Crippen molar-refractivity contribution < 1.29 is 13.6 Å². The first-order chi connectivity index (χ1) is 22.2. The van der Waals surface area contributed by atoms with E-state index in [9.17, 15) is 14.0 Å². The van der Waals surface area contributed by atoms with E-state index < -0.39 is 11.5 Å². The van der Waals surface area contributed by atoms with Gasteiger partial charge in [0.15, 0.2) is 5.82 Å². The maximum atomic E-state index is 15.6. The number of nitrogens with one attached hydrogen (secondary N) is 3. The van der Waals surface area contributed by atoms with Crippen LogP contribution in [0.4, 0.5) is 14.5 Å². The van der Waals surface area contributed by atoms with Crippen LogP contribution in [-0.2, 0) is 13.0 Å². The van der Waals surface area contributed by atoms with Crippen molar-refractivity contribution in [2.75, 3.05) is 18.9 Å². The molecule has 0 fully saturated rings. The molecule has 0 aliphatic carbocycles. The summed E-state index contributed by atoms with van der Waals surface area (Å²) in [5.41, 5.74) is 3.87. The van der Waals surface area contributed by atoms with Gasteiger partial charge in [0.05, 0.1) is 29.2 Å². The summed E-state index contributed by atoms with van der Waals surface area (Å²) in [7, 11) is 1.62. The number of aromatic amines is 1. The summed E-state index contributed by atoms with van der Waals surface area (Å²) in [4.78, 5) is 32.7. The van der Waals surface area contributed by atoms with Crippen LogP contribution in [0.25, 0.3) is 28.1 Å². The van der Waals surface area contributed by atoms with E-state index in [1.54, 1.807) is 48.7 Å². The number of nitrogens with zero attached hydrogens (tertiary/aromatic N) is 5. The van der Waals surface area contributed by atoms with Gasteiger partial charge in [-0.2, -0.15) is 5.10 Å². The smallest absolute Gasteiger partial charge is 0.338 e. The third-order valence-electron chi connectivity index (χ3n) is 8.56. The summed E-state index contributed by atoms with van der Waals surface area (Å²) in [6.45, 7) is 3.90. The molecule has 46 heavy (non-hydrogen) atoms. The number of aryl methyl sites for hydroxylation is 2. The van der Waals surface area contributed by atoms with Gasteiger partial charge in [0.2, 0.25) is 0 Å². The van der Waals surface area contributed by atoms with Crippen molar-refractivity contribution in [1.82, 2.24) is 28.8 Å². The van der Waals surface area contributed by atoms with Crippen LogP contribution < -0.4 is 11.0 Å². The Morgan fingerprint density at radius 2 is 1.76 bits per heavy atom. The number of hydrogen-bond donors (Lipinski definition) is 3. The fraction of sp³-hybridized carbons (Fsp3) is 0.176. The van der Waals surface area contributed by atoms with E-state index in [0.29, 0.717) is 58.2 Å². The largest absolute Gasteiger partial charge is 0.388 e.